The van der Waals surface area contributed by atoms with Crippen molar-refractivity contribution < 1.29 is 9.53 Å². The van der Waals surface area contributed by atoms with Crippen molar-refractivity contribution >= 4 is 11.6 Å². The molecular formula is C14H18N2O2. The topological polar surface area (TPSA) is 50.4 Å². The molecule has 1 fully saturated rings. The highest BCUT2D eigenvalue weighted by atomic mass is 16.5. The van der Waals surface area contributed by atoms with Crippen LogP contribution in [-0.4, -0.2) is 31.2 Å². The SMILES string of the molecule is O=C(NC1CCCOC1)C1Cc2ccccc2N1. The maximum absolute atomic E-state index is 12.2. The normalized spacial score (nSPS) is 26.2. The van der Waals surface area contributed by atoms with Crippen LogP contribution in [0.15, 0.2) is 24.3 Å². The zero-order valence-electron chi connectivity index (χ0n) is 10.3. The second-order valence-corrected chi connectivity index (χ2v) is 4.98. The molecule has 0 saturated carbocycles. The largest absolute Gasteiger partial charge is 0.379 e. The number of carbonyl (C=O) groups is 1. The highest BCUT2D eigenvalue weighted by Gasteiger charge is 2.28. The van der Waals surface area contributed by atoms with Gasteiger partial charge in [0.25, 0.3) is 0 Å². The standard InChI is InChI=1S/C14H18N2O2/c17-14(15-11-5-3-7-18-9-11)13-8-10-4-1-2-6-12(10)16-13/h1-2,4,6,11,13,16H,3,5,7-9H2,(H,15,17). The van der Waals surface area contributed by atoms with E-state index >= 15 is 0 Å². The van der Waals surface area contributed by atoms with Crippen LogP contribution in [0.3, 0.4) is 0 Å². The Labute approximate surface area is 107 Å². The maximum atomic E-state index is 12.2. The van der Waals surface area contributed by atoms with Crippen LogP contribution in [0.2, 0.25) is 0 Å². The van der Waals surface area contributed by atoms with Crippen molar-refractivity contribution in [3.63, 3.8) is 0 Å². The molecule has 0 aliphatic carbocycles. The van der Waals surface area contributed by atoms with Gasteiger partial charge in [0.15, 0.2) is 0 Å². The fourth-order valence-corrected chi connectivity index (χ4v) is 2.61. The van der Waals surface area contributed by atoms with Gasteiger partial charge in [-0.3, -0.25) is 4.79 Å². The van der Waals surface area contributed by atoms with Crippen molar-refractivity contribution in [3.05, 3.63) is 29.8 Å². The van der Waals surface area contributed by atoms with Crippen molar-refractivity contribution in [2.24, 2.45) is 0 Å². The first kappa shape index (κ1) is 11.5. The van der Waals surface area contributed by atoms with E-state index < -0.39 is 0 Å². The molecule has 1 aromatic carbocycles. The third kappa shape index (κ3) is 2.34. The Morgan fingerprint density at radius 1 is 1.39 bits per heavy atom. The van der Waals surface area contributed by atoms with E-state index in [1.54, 1.807) is 0 Å². The van der Waals surface area contributed by atoms with E-state index in [9.17, 15) is 4.79 Å². The van der Waals surface area contributed by atoms with Crippen LogP contribution in [0.25, 0.3) is 0 Å². The molecule has 0 bridgehead atoms. The molecule has 1 saturated heterocycles. The first-order valence-corrected chi connectivity index (χ1v) is 6.55. The Morgan fingerprint density at radius 2 is 2.28 bits per heavy atom. The quantitative estimate of drug-likeness (QED) is 0.827. The van der Waals surface area contributed by atoms with Gasteiger partial charge in [-0.25, -0.2) is 0 Å². The number of fused-ring (bicyclic) bond motifs is 1. The van der Waals surface area contributed by atoms with Gasteiger partial charge in [-0.2, -0.15) is 0 Å². The molecule has 0 radical (unpaired) electrons. The highest BCUT2D eigenvalue weighted by Crippen LogP contribution is 2.25. The van der Waals surface area contributed by atoms with Crippen molar-refractivity contribution in [1.82, 2.24) is 5.32 Å². The van der Waals surface area contributed by atoms with Crippen LogP contribution >= 0.6 is 0 Å². The number of para-hydroxylation sites is 1. The summed E-state index contributed by atoms with van der Waals surface area (Å²) in [5.74, 6) is 0.0849. The van der Waals surface area contributed by atoms with Gasteiger partial charge >= 0.3 is 0 Å². The Bertz CT molecular complexity index is 416. The Balaban J connectivity index is 1.58. The summed E-state index contributed by atoms with van der Waals surface area (Å²) < 4.78 is 5.37. The molecule has 2 aliphatic rings. The van der Waals surface area contributed by atoms with Crippen molar-refractivity contribution in [1.29, 1.82) is 0 Å². The number of ether oxygens (including phenoxy) is 1. The van der Waals surface area contributed by atoms with Crippen LogP contribution in [0, 0.1) is 0 Å². The summed E-state index contributed by atoms with van der Waals surface area (Å²) in [6, 6.07) is 8.13. The lowest BCUT2D eigenvalue weighted by Crippen LogP contribution is -2.47. The lowest BCUT2D eigenvalue weighted by Gasteiger charge is -2.24. The molecule has 2 heterocycles. The van der Waals surface area contributed by atoms with Crippen LogP contribution in [-0.2, 0) is 16.0 Å². The monoisotopic (exact) mass is 246 g/mol. The summed E-state index contributed by atoms with van der Waals surface area (Å²) >= 11 is 0. The number of hydrogen-bond donors (Lipinski definition) is 2. The molecule has 0 aromatic heterocycles. The molecule has 2 unspecified atom stereocenters. The first-order chi connectivity index (χ1) is 8.83. The molecule has 4 nitrogen and oxygen atoms in total. The summed E-state index contributed by atoms with van der Waals surface area (Å²) in [5.41, 5.74) is 2.30. The lowest BCUT2D eigenvalue weighted by atomic mass is 10.1. The number of amides is 1. The lowest BCUT2D eigenvalue weighted by molar-refractivity contribution is -0.123. The van der Waals surface area contributed by atoms with Gasteiger partial charge in [-0.15, -0.1) is 0 Å². The minimum absolute atomic E-state index is 0.0849. The van der Waals surface area contributed by atoms with E-state index in [2.05, 4.69) is 16.7 Å². The van der Waals surface area contributed by atoms with E-state index in [0.29, 0.717) is 6.61 Å². The number of rotatable bonds is 2. The van der Waals surface area contributed by atoms with E-state index in [4.69, 9.17) is 4.74 Å². The molecule has 3 rings (SSSR count). The number of benzene rings is 1. The number of hydrogen-bond acceptors (Lipinski definition) is 3. The fourth-order valence-electron chi connectivity index (χ4n) is 2.61. The Hall–Kier alpha value is -1.55. The van der Waals surface area contributed by atoms with Crippen molar-refractivity contribution in [2.45, 2.75) is 31.3 Å². The third-order valence-corrected chi connectivity index (χ3v) is 3.59. The minimum atomic E-state index is -0.135. The number of carbonyl (C=O) groups excluding carboxylic acids is 1. The van der Waals surface area contributed by atoms with Gasteiger partial charge in [0.05, 0.1) is 12.6 Å². The maximum Gasteiger partial charge on any atom is 0.243 e. The average Bonchev–Trinajstić information content (AvgIpc) is 2.84. The molecule has 2 aliphatic heterocycles. The van der Waals surface area contributed by atoms with Gasteiger partial charge in [0.2, 0.25) is 5.91 Å². The van der Waals surface area contributed by atoms with E-state index in [0.717, 1.165) is 31.6 Å². The average molecular weight is 246 g/mol. The molecule has 1 aromatic rings. The van der Waals surface area contributed by atoms with Gasteiger partial charge in [-0.05, 0) is 24.5 Å². The fraction of sp³-hybridized carbons (Fsp3) is 0.500. The first-order valence-electron chi connectivity index (χ1n) is 6.55. The molecule has 0 spiro atoms. The van der Waals surface area contributed by atoms with Gasteiger partial charge in [-0.1, -0.05) is 18.2 Å². The molecule has 4 heteroatoms. The predicted octanol–water partition coefficient (Wildman–Crippen LogP) is 1.32. The second kappa shape index (κ2) is 4.98. The van der Waals surface area contributed by atoms with Crippen LogP contribution in [0.5, 0.6) is 0 Å². The summed E-state index contributed by atoms with van der Waals surface area (Å²) in [4.78, 5) is 12.2. The zero-order valence-corrected chi connectivity index (χ0v) is 10.3. The summed E-state index contributed by atoms with van der Waals surface area (Å²) in [5, 5.41) is 6.34. The molecule has 96 valence electrons. The van der Waals surface area contributed by atoms with Gasteiger partial charge in [0.1, 0.15) is 6.04 Å². The second-order valence-electron chi connectivity index (χ2n) is 4.98. The van der Waals surface area contributed by atoms with Gasteiger partial charge in [0, 0.05) is 18.7 Å². The van der Waals surface area contributed by atoms with E-state index in [1.165, 1.54) is 5.56 Å². The Kier molecular flexibility index (Phi) is 3.19. The summed E-state index contributed by atoms with van der Waals surface area (Å²) in [6.45, 7) is 1.46. The molecule has 2 atom stereocenters. The van der Waals surface area contributed by atoms with E-state index in [1.807, 2.05) is 18.2 Å². The predicted molar refractivity (Wildman–Crippen MR) is 69.5 cm³/mol. The Morgan fingerprint density at radius 3 is 3.06 bits per heavy atom. The van der Waals surface area contributed by atoms with Crippen LogP contribution < -0.4 is 10.6 Å². The minimum Gasteiger partial charge on any atom is -0.379 e. The summed E-state index contributed by atoms with van der Waals surface area (Å²) in [6.07, 6.45) is 2.82. The number of anilines is 1. The molecule has 1 amide bonds. The van der Waals surface area contributed by atoms with Gasteiger partial charge < -0.3 is 15.4 Å². The smallest absolute Gasteiger partial charge is 0.243 e. The summed E-state index contributed by atoms with van der Waals surface area (Å²) in [7, 11) is 0. The third-order valence-electron chi connectivity index (χ3n) is 3.59. The highest BCUT2D eigenvalue weighted by molar-refractivity contribution is 5.87. The van der Waals surface area contributed by atoms with E-state index in [-0.39, 0.29) is 18.0 Å². The van der Waals surface area contributed by atoms with Crippen molar-refractivity contribution in [3.8, 4) is 0 Å². The zero-order chi connectivity index (χ0) is 12.4. The van der Waals surface area contributed by atoms with Crippen LogP contribution in [0.4, 0.5) is 5.69 Å². The molecule has 18 heavy (non-hydrogen) atoms. The van der Waals surface area contributed by atoms with Crippen LogP contribution in [0.1, 0.15) is 18.4 Å². The number of nitrogens with one attached hydrogen (secondary N) is 2. The van der Waals surface area contributed by atoms with Crippen molar-refractivity contribution in [2.75, 3.05) is 18.5 Å². The molecule has 2 N–H and O–H groups in total. The molecular weight excluding hydrogens is 228 g/mol.